The Labute approximate surface area is 75.0 Å². The highest BCUT2D eigenvalue weighted by atomic mass is 14.5. The molecule has 0 aromatic rings. The van der Waals surface area contributed by atoms with Gasteiger partial charge in [0.2, 0.25) is 0 Å². The monoisotopic (exact) mass is 166 g/mol. The van der Waals surface area contributed by atoms with Crippen LogP contribution in [0.15, 0.2) is 11.6 Å². The van der Waals surface area contributed by atoms with Crippen molar-refractivity contribution in [2.45, 2.75) is 38.5 Å². The minimum atomic E-state index is 0.974. The van der Waals surface area contributed by atoms with E-state index in [0.717, 1.165) is 18.4 Å². The van der Waals surface area contributed by atoms with Gasteiger partial charge in [0, 0.05) is 6.42 Å². The van der Waals surface area contributed by atoms with Crippen molar-refractivity contribution in [3.63, 3.8) is 0 Å². The SMILES string of the molecule is [NH3+]CC/C=C1\CC2CCC1CC2. The Kier molecular flexibility index (Phi) is 2.50. The molecule has 1 nitrogen and oxygen atoms in total. The lowest BCUT2D eigenvalue weighted by Gasteiger charge is -2.38. The molecule has 3 aliphatic carbocycles. The van der Waals surface area contributed by atoms with E-state index in [4.69, 9.17) is 0 Å². The van der Waals surface area contributed by atoms with E-state index in [0.29, 0.717) is 0 Å². The number of rotatable bonds is 2. The Morgan fingerprint density at radius 2 is 2.00 bits per heavy atom. The van der Waals surface area contributed by atoms with Gasteiger partial charge >= 0.3 is 0 Å². The molecule has 0 saturated heterocycles. The molecule has 0 aromatic heterocycles. The van der Waals surface area contributed by atoms with E-state index >= 15 is 0 Å². The van der Waals surface area contributed by atoms with Gasteiger partial charge in [0.25, 0.3) is 0 Å². The maximum Gasteiger partial charge on any atom is 0.0774 e. The van der Waals surface area contributed by atoms with E-state index in [9.17, 15) is 0 Å². The van der Waals surface area contributed by atoms with E-state index in [-0.39, 0.29) is 0 Å². The summed E-state index contributed by atoms with van der Waals surface area (Å²) in [5.74, 6) is 2.02. The van der Waals surface area contributed by atoms with Gasteiger partial charge in [-0.05, 0) is 43.9 Å². The fourth-order valence-corrected chi connectivity index (χ4v) is 2.77. The molecule has 3 rings (SSSR count). The van der Waals surface area contributed by atoms with E-state index < -0.39 is 0 Å². The first kappa shape index (κ1) is 8.31. The molecule has 2 bridgehead atoms. The largest absolute Gasteiger partial charge is 0.357 e. The van der Waals surface area contributed by atoms with Crippen LogP contribution in [0.4, 0.5) is 0 Å². The summed E-state index contributed by atoms with van der Waals surface area (Å²) in [5, 5.41) is 0. The summed E-state index contributed by atoms with van der Waals surface area (Å²) in [6.07, 6.45) is 11.1. The zero-order valence-electron chi connectivity index (χ0n) is 7.89. The molecule has 68 valence electrons. The molecule has 3 fully saturated rings. The van der Waals surface area contributed by atoms with Crippen LogP contribution >= 0.6 is 0 Å². The topological polar surface area (TPSA) is 27.6 Å². The highest BCUT2D eigenvalue weighted by Crippen LogP contribution is 2.44. The summed E-state index contributed by atoms with van der Waals surface area (Å²) >= 11 is 0. The molecule has 0 heterocycles. The van der Waals surface area contributed by atoms with Crippen LogP contribution in [0.2, 0.25) is 0 Å². The molecule has 12 heavy (non-hydrogen) atoms. The second-order valence-electron chi connectivity index (χ2n) is 4.34. The van der Waals surface area contributed by atoms with Gasteiger partial charge in [-0.15, -0.1) is 0 Å². The molecule has 0 spiro atoms. The fourth-order valence-electron chi connectivity index (χ4n) is 2.77. The molecule has 3 saturated carbocycles. The summed E-state index contributed by atoms with van der Waals surface area (Å²) in [5.41, 5.74) is 5.67. The molecule has 0 amide bonds. The van der Waals surface area contributed by atoms with Crippen LogP contribution in [0.5, 0.6) is 0 Å². The molecule has 0 radical (unpaired) electrons. The van der Waals surface area contributed by atoms with Crippen molar-refractivity contribution < 1.29 is 5.73 Å². The first-order valence-corrected chi connectivity index (χ1v) is 5.38. The molecule has 0 unspecified atom stereocenters. The van der Waals surface area contributed by atoms with Crippen molar-refractivity contribution in [1.82, 2.24) is 0 Å². The third-order valence-electron chi connectivity index (χ3n) is 3.51. The van der Waals surface area contributed by atoms with E-state index in [2.05, 4.69) is 11.8 Å². The van der Waals surface area contributed by atoms with E-state index in [1.54, 1.807) is 5.57 Å². The predicted octanol–water partition coefficient (Wildman–Crippen LogP) is 1.75. The third-order valence-corrected chi connectivity index (χ3v) is 3.51. The second kappa shape index (κ2) is 3.61. The number of allylic oxidation sites excluding steroid dienone is 1. The number of hydrogen-bond donors (Lipinski definition) is 1. The predicted molar refractivity (Wildman–Crippen MR) is 50.5 cm³/mol. The Bertz CT molecular complexity index is 175. The maximum atomic E-state index is 3.89. The average molecular weight is 166 g/mol. The summed E-state index contributed by atoms with van der Waals surface area (Å²) in [6, 6.07) is 0. The number of fused-ring (bicyclic) bond motifs is 3. The van der Waals surface area contributed by atoms with Crippen molar-refractivity contribution in [3.8, 4) is 0 Å². The normalized spacial score (nSPS) is 37.6. The van der Waals surface area contributed by atoms with Crippen LogP contribution in [0.3, 0.4) is 0 Å². The van der Waals surface area contributed by atoms with Crippen LogP contribution in [0.1, 0.15) is 38.5 Å². The molecule has 1 heteroatoms. The highest BCUT2D eigenvalue weighted by Gasteiger charge is 2.30. The average Bonchev–Trinajstić information content (AvgIpc) is 2.17. The Morgan fingerprint density at radius 1 is 1.25 bits per heavy atom. The van der Waals surface area contributed by atoms with Crippen LogP contribution in [0, 0.1) is 11.8 Å². The van der Waals surface area contributed by atoms with Gasteiger partial charge in [-0.1, -0.05) is 11.6 Å². The van der Waals surface area contributed by atoms with Crippen molar-refractivity contribution >= 4 is 0 Å². The van der Waals surface area contributed by atoms with Gasteiger partial charge in [0.1, 0.15) is 0 Å². The quantitative estimate of drug-likeness (QED) is 0.605. The Morgan fingerprint density at radius 3 is 2.50 bits per heavy atom. The van der Waals surface area contributed by atoms with Gasteiger partial charge in [0.05, 0.1) is 6.54 Å². The fraction of sp³-hybridized carbons (Fsp3) is 0.818. The first-order valence-electron chi connectivity index (χ1n) is 5.38. The summed E-state index contributed by atoms with van der Waals surface area (Å²) in [4.78, 5) is 0. The standard InChI is InChI=1S/C11H19N/c12-7-1-2-11-8-9-3-5-10(11)6-4-9/h2,9-10H,1,3-8,12H2/p+1/b11-2+. The van der Waals surface area contributed by atoms with Crippen molar-refractivity contribution in [2.24, 2.45) is 11.8 Å². The first-order chi connectivity index (χ1) is 5.90. The lowest BCUT2D eigenvalue weighted by molar-refractivity contribution is -0.366. The molecule has 3 aliphatic rings. The lowest BCUT2D eigenvalue weighted by atomic mass is 9.68. The molecular weight excluding hydrogens is 146 g/mol. The summed E-state index contributed by atoms with van der Waals surface area (Å²) in [6.45, 7) is 1.07. The van der Waals surface area contributed by atoms with Gasteiger partial charge in [-0.3, -0.25) is 0 Å². The van der Waals surface area contributed by atoms with Crippen molar-refractivity contribution in [3.05, 3.63) is 11.6 Å². The molecule has 0 aliphatic heterocycles. The molecule has 0 aromatic carbocycles. The van der Waals surface area contributed by atoms with Crippen LogP contribution in [0.25, 0.3) is 0 Å². The maximum absolute atomic E-state index is 3.89. The zero-order chi connectivity index (χ0) is 8.39. The van der Waals surface area contributed by atoms with Gasteiger partial charge in [0.15, 0.2) is 0 Å². The van der Waals surface area contributed by atoms with Crippen LogP contribution < -0.4 is 5.73 Å². The van der Waals surface area contributed by atoms with Crippen molar-refractivity contribution in [1.29, 1.82) is 0 Å². The summed E-state index contributed by atoms with van der Waals surface area (Å²) in [7, 11) is 0. The van der Waals surface area contributed by atoms with Gasteiger partial charge in [-0.25, -0.2) is 0 Å². The smallest absolute Gasteiger partial charge is 0.0774 e. The number of hydrogen-bond acceptors (Lipinski definition) is 0. The van der Waals surface area contributed by atoms with Crippen LogP contribution in [-0.2, 0) is 0 Å². The lowest BCUT2D eigenvalue weighted by Crippen LogP contribution is -2.49. The van der Waals surface area contributed by atoms with E-state index in [1.807, 2.05) is 0 Å². The second-order valence-corrected chi connectivity index (χ2v) is 4.34. The number of quaternary nitrogens is 1. The van der Waals surface area contributed by atoms with E-state index in [1.165, 1.54) is 38.5 Å². The van der Waals surface area contributed by atoms with Crippen LogP contribution in [-0.4, -0.2) is 6.54 Å². The summed E-state index contributed by atoms with van der Waals surface area (Å²) < 4.78 is 0. The Hall–Kier alpha value is -0.300. The molecular formula is C11H20N+. The molecule has 0 atom stereocenters. The van der Waals surface area contributed by atoms with Gasteiger partial charge < -0.3 is 5.73 Å². The Balaban J connectivity index is 1.99. The molecule has 3 N–H and O–H groups in total. The van der Waals surface area contributed by atoms with Gasteiger partial charge in [-0.2, -0.15) is 0 Å². The minimum Gasteiger partial charge on any atom is -0.357 e. The highest BCUT2D eigenvalue weighted by molar-refractivity contribution is 5.13. The minimum absolute atomic E-state index is 0.974. The van der Waals surface area contributed by atoms with Crippen molar-refractivity contribution in [2.75, 3.05) is 6.54 Å². The third kappa shape index (κ3) is 1.56. The zero-order valence-corrected chi connectivity index (χ0v) is 7.89.